The van der Waals surface area contributed by atoms with Crippen LogP contribution in [0.3, 0.4) is 0 Å². The van der Waals surface area contributed by atoms with Gasteiger partial charge < -0.3 is 9.84 Å². The van der Waals surface area contributed by atoms with Crippen molar-refractivity contribution in [1.29, 1.82) is 0 Å². The summed E-state index contributed by atoms with van der Waals surface area (Å²) in [5.41, 5.74) is 0. The summed E-state index contributed by atoms with van der Waals surface area (Å²) in [4.78, 5) is 2.40. The monoisotopic (exact) mass is 341 g/mol. The molecular formula is C16H24BrNO2. The van der Waals surface area contributed by atoms with Crippen molar-refractivity contribution < 1.29 is 9.84 Å². The van der Waals surface area contributed by atoms with Crippen LogP contribution in [0.15, 0.2) is 28.7 Å². The zero-order chi connectivity index (χ0) is 14.5. The summed E-state index contributed by atoms with van der Waals surface area (Å²) in [6.45, 7) is 5.51. The molecular weight excluding hydrogens is 318 g/mol. The van der Waals surface area contributed by atoms with Gasteiger partial charge in [-0.25, -0.2) is 0 Å². The van der Waals surface area contributed by atoms with Gasteiger partial charge in [-0.3, -0.25) is 4.90 Å². The van der Waals surface area contributed by atoms with Crippen molar-refractivity contribution in [3.05, 3.63) is 28.7 Å². The Morgan fingerprint density at radius 3 is 2.60 bits per heavy atom. The first-order chi connectivity index (χ1) is 9.58. The summed E-state index contributed by atoms with van der Waals surface area (Å²) < 4.78 is 6.61. The van der Waals surface area contributed by atoms with E-state index in [-0.39, 0.29) is 0 Å². The van der Waals surface area contributed by atoms with Gasteiger partial charge in [0.2, 0.25) is 0 Å². The summed E-state index contributed by atoms with van der Waals surface area (Å²) >= 11 is 3.45. The average Bonchev–Trinajstić information content (AvgIpc) is 2.42. The lowest BCUT2D eigenvalue weighted by atomic mass is 9.97. The first kappa shape index (κ1) is 15.8. The molecule has 0 bridgehead atoms. The minimum absolute atomic E-state index is 0.332. The fourth-order valence-corrected chi connectivity index (χ4v) is 3.28. The van der Waals surface area contributed by atoms with Crippen LogP contribution in [0.5, 0.6) is 5.75 Å². The molecule has 1 heterocycles. The second kappa shape index (κ2) is 7.43. The highest BCUT2D eigenvalue weighted by Gasteiger charge is 2.26. The van der Waals surface area contributed by atoms with Crippen molar-refractivity contribution in [2.75, 3.05) is 13.2 Å². The highest BCUT2D eigenvalue weighted by Crippen LogP contribution is 2.25. The van der Waals surface area contributed by atoms with E-state index < -0.39 is 6.10 Å². The molecule has 1 aliphatic heterocycles. The van der Waals surface area contributed by atoms with Crippen molar-refractivity contribution in [1.82, 2.24) is 4.90 Å². The van der Waals surface area contributed by atoms with E-state index in [0.29, 0.717) is 25.2 Å². The second-order valence-corrected chi connectivity index (χ2v) is 6.58. The minimum Gasteiger partial charge on any atom is -0.490 e. The molecule has 3 nitrogen and oxygen atoms in total. The van der Waals surface area contributed by atoms with E-state index in [2.05, 4.69) is 34.7 Å². The van der Waals surface area contributed by atoms with Crippen molar-refractivity contribution >= 4 is 15.9 Å². The van der Waals surface area contributed by atoms with Gasteiger partial charge in [0.25, 0.3) is 0 Å². The number of aliphatic hydroxyl groups is 1. The number of halogens is 1. The summed E-state index contributed by atoms with van der Waals surface area (Å²) in [6, 6.07) is 8.83. The molecule has 1 aromatic rings. The van der Waals surface area contributed by atoms with Gasteiger partial charge in [-0.15, -0.1) is 0 Å². The van der Waals surface area contributed by atoms with Gasteiger partial charge in [0, 0.05) is 18.6 Å². The number of hydrogen-bond acceptors (Lipinski definition) is 3. The quantitative estimate of drug-likeness (QED) is 0.890. The van der Waals surface area contributed by atoms with Gasteiger partial charge in [0.1, 0.15) is 18.5 Å². The van der Waals surface area contributed by atoms with Crippen LogP contribution in [0.4, 0.5) is 0 Å². The number of hydrogen-bond donors (Lipinski definition) is 1. The zero-order valence-corrected chi connectivity index (χ0v) is 13.8. The van der Waals surface area contributed by atoms with Gasteiger partial charge in [0.15, 0.2) is 0 Å². The van der Waals surface area contributed by atoms with Crippen LogP contribution in [0, 0.1) is 0 Å². The van der Waals surface area contributed by atoms with Crippen molar-refractivity contribution in [3.8, 4) is 5.75 Å². The summed E-state index contributed by atoms with van der Waals surface area (Å²) in [5.74, 6) is 0.784. The molecule has 0 amide bonds. The molecule has 20 heavy (non-hydrogen) atoms. The standard InChI is InChI=1S/C16H24BrNO2/c1-12-6-5-7-13(2)18(12)10-14(19)11-20-16-9-4-3-8-15(16)17/h3-4,8-9,12-14,19H,5-7,10-11H2,1-2H3/t12-,13-,14+/m1/s1. The number of aliphatic hydroxyl groups excluding tert-OH is 1. The lowest BCUT2D eigenvalue weighted by Crippen LogP contribution is -2.48. The molecule has 0 unspecified atom stereocenters. The first-order valence-corrected chi connectivity index (χ1v) is 8.18. The van der Waals surface area contributed by atoms with Gasteiger partial charge >= 0.3 is 0 Å². The molecule has 0 saturated carbocycles. The Balaban J connectivity index is 1.83. The van der Waals surface area contributed by atoms with Crippen LogP contribution >= 0.6 is 15.9 Å². The summed E-state index contributed by atoms with van der Waals surface area (Å²) in [7, 11) is 0. The van der Waals surface area contributed by atoms with E-state index in [1.807, 2.05) is 24.3 Å². The van der Waals surface area contributed by atoms with Gasteiger partial charge in [-0.2, -0.15) is 0 Å². The third-order valence-electron chi connectivity index (χ3n) is 4.07. The van der Waals surface area contributed by atoms with E-state index in [0.717, 1.165) is 10.2 Å². The Kier molecular flexibility index (Phi) is 5.87. The number of likely N-dealkylation sites (tertiary alicyclic amines) is 1. The van der Waals surface area contributed by atoms with Crippen molar-refractivity contribution in [2.24, 2.45) is 0 Å². The van der Waals surface area contributed by atoms with Gasteiger partial charge in [0.05, 0.1) is 4.47 Å². The average molecular weight is 342 g/mol. The van der Waals surface area contributed by atoms with Crippen LogP contribution in [-0.2, 0) is 0 Å². The number of piperidine rings is 1. The Hall–Kier alpha value is -0.580. The highest BCUT2D eigenvalue weighted by atomic mass is 79.9. The predicted molar refractivity (Wildman–Crippen MR) is 85.1 cm³/mol. The molecule has 1 aliphatic rings. The number of para-hydroxylation sites is 1. The highest BCUT2D eigenvalue weighted by molar-refractivity contribution is 9.10. The number of rotatable bonds is 5. The topological polar surface area (TPSA) is 32.7 Å². The largest absolute Gasteiger partial charge is 0.490 e. The number of ether oxygens (including phenoxy) is 1. The fraction of sp³-hybridized carbons (Fsp3) is 0.625. The molecule has 0 aromatic heterocycles. The molecule has 1 saturated heterocycles. The lowest BCUT2D eigenvalue weighted by Gasteiger charge is -2.40. The molecule has 1 N–H and O–H groups in total. The van der Waals surface area contributed by atoms with Crippen LogP contribution in [0.2, 0.25) is 0 Å². The van der Waals surface area contributed by atoms with Crippen molar-refractivity contribution in [2.45, 2.75) is 51.3 Å². The third-order valence-corrected chi connectivity index (χ3v) is 4.72. The molecule has 0 aliphatic carbocycles. The third kappa shape index (κ3) is 4.21. The van der Waals surface area contributed by atoms with Gasteiger partial charge in [-0.1, -0.05) is 18.6 Å². The lowest BCUT2D eigenvalue weighted by molar-refractivity contribution is 0.0207. The number of nitrogens with zero attached hydrogens (tertiary/aromatic N) is 1. The van der Waals surface area contributed by atoms with E-state index in [4.69, 9.17) is 4.74 Å². The van der Waals surface area contributed by atoms with Crippen LogP contribution in [-0.4, -0.2) is 41.3 Å². The Labute approximate surface area is 130 Å². The van der Waals surface area contributed by atoms with Crippen LogP contribution < -0.4 is 4.74 Å². The molecule has 0 radical (unpaired) electrons. The molecule has 4 heteroatoms. The molecule has 0 spiro atoms. The smallest absolute Gasteiger partial charge is 0.133 e. The van der Waals surface area contributed by atoms with E-state index in [1.165, 1.54) is 19.3 Å². The van der Waals surface area contributed by atoms with Crippen LogP contribution in [0.25, 0.3) is 0 Å². The van der Waals surface area contributed by atoms with E-state index >= 15 is 0 Å². The van der Waals surface area contributed by atoms with Crippen molar-refractivity contribution in [3.63, 3.8) is 0 Å². The molecule has 2 rings (SSSR count). The molecule has 112 valence electrons. The summed E-state index contributed by atoms with van der Waals surface area (Å²) in [6.07, 6.45) is 3.29. The Morgan fingerprint density at radius 2 is 1.95 bits per heavy atom. The minimum atomic E-state index is -0.454. The fourth-order valence-electron chi connectivity index (χ4n) is 2.88. The summed E-state index contributed by atoms with van der Waals surface area (Å²) in [5, 5.41) is 10.2. The maximum atomic E-state index is 10.2. The predicted octanol–water partition coefficient (Wildman–Crippen LogP) is 3.45. The van der Waals surface area contributed by atoms with Crippen LogP contribution in [0.1, 0.15) is 33.1 Å². The Morgan fingerprint density at radius 1 is 1.30 bits per heavy atom. The Bertz CT molecular complexity index is 417. The van der Waals surface area contributed by atoms with E-state index in [1.54, 1.807) is 0 Å². The normalized spacial score (nSPS) is 25.4. The van der Waals surface area contributed by atoms with E-state index in [9.17, 15) is 5.11 Å². The maximum absolute atomic E-state index is 10.2. The maximum Gasteiger partial charge on any atom is 0.133 e. The first-order valence-electron chi connectivity index (χ1n) is 7.39. The SMILES string of the molecule is C[C@@H]1CCC[C@@H](C)N1C[C@H](O)COc1ccccc1Br. The number of benzene rings is 1. The second-order valence-electron chi connectivity index (χ2n) is 5.72. The molecule has 3 atom stereocenters. The molecule has 1 fully saturated rings. The molecule has 1 aromatic carbocycles. The zero-order valence-electron chi connectivity index (χ0n) is 12.3. The van der Waals surface area contributed by atoms with Gasteiger partial charge in [-0.05, 0) is 54.8 Å². The number of β-amino-alcohol motifs (C(OH)–C–C–N with tert-alkyl or cyclic N) is 1.